The van der Waals surface area contributed by atoms with Crippen molar-refractivity contribution >= 4 is 5.91 Å². The number of halogens is 3. The highest BCUT2D eigenvalue weighted by atomic mass is 19.4. The summed E-state index contributed by atoms with van der Waals surface area (Å²) < 4.78 is 45.7. The van der Waals surface area contributed by atoms with Crippen molar-refractivity contribution in [1.82, 2.24) is 10.3 Å². The second kappa shape index (κ2) is 7.79. The summed E-state index contributed by atoms with van der Waals surface area (Å²) in [5.41, 5.74) is 5.83. The van der Waals surface area contributed by atoms with E-state index < -0.39 is 24.7 Å². The van der Waals surface area contributed by atoms with Gasteiger partial charge in [-0.1, -0.05) is 6.07 Å². The van der Waals surface area contributed by atoms with E-state index in [4.69, 9.17) is 10.5 Å². The Bertz CT molecular complexity index is 469. The summed E-state index contributed by atoms with van der Waals surface area (Å²) >= 11 is 0. The van der Waals surface area contributed by atoms with Crippen LogP contribution >= 0.6 is 0 Å². The van der Waals surface area contributed by atoms with E-state index in [-0.39, 0.29) is 19.0 Å². The van der Waals surface area contributed by atoms with Crippen LogP contribution in [0.1, 0.15) is 5.56 Å². The summed E-state index contributed by atoms with van der Waals surface area (Å²) in [6, 6.07) is 2.17. The molecule has 1 atom stereocenters. The van der Waals surface area contributed by atoms with Crippen LogP contribution in [0.4, 0.5) is 13.2 Å². The minimum atomic E-state index is -4.46. The summed E-state index contributed by atoms with van der Waals surface area (Å²) in [6.07, 6.45) is -3.16. The van der Waals surface area contributed by atoms with Crippen molar-refractivity contribution < 1.29 is 27.4 Å². The number of methoxy groups -OCH3 is 1. The first-order chi connectivity index (χ1) is 9.83. The molecule has 3 N–H and O–H groups in total. The van der Waals surface area contributed by atoms with Crippen molar-refractivity contribution in [2.75, 3.05) is 20.3 Å². The standard InChI is InChI=1S/C12H16F3N3O3/c1-20-6-9(16)10(19)18-5-8-3-2-4-17-11(8)21-7-12(13,14)15/h2-4,9H,5-7,16H2,1H3,(H,18,19). The Morgan fingerprint density at radius 1 is 1.52 bits per heavy atom. The number of nitrogens with zero attached hydrogens (tertiary/aromatic N) is 1. The molecule has 1 rings (SSSR count). The molecule has 9 heteroatoms. The van der Waals surface area contributed by atoms with Gasteiger partial charge in [0.15, 0.2) is 6.61 Å². The number of pyridine rings is 1. The summed E-state index contributed by atoms with van der Waals surface area (Å²) in [5.74, 6) is -0.669. The number of aromatic nitrogens is 1. The lowest BCUT2D eigenvalue weighted by Crippen LogP contribution is -2.43. The minimum absolute atomic E-state index is 0.0380. The molecular weight excluding hydrogens is 291 g/mol. The highest BCUT2D eigenvalue weighted by Gasteiger charge is 2.29. The SMILES string of the molecule is COCC(N)C(=O)NCc1cccnc1OCC(F)(F)F. The van der Waals surface area contributed by atoms with Gasteiger partial charge in [0.25, 0.3) is 0 Å². The van der Waals surface area contributed by atoms with Crippen molar-refractivity contribution in [3.05, 3.63) is 23.9 Å². The predicted molar refractivity (Wildman–Crippen MR) is 67.5 cm³/mol. The second-order valence-corrected chi connectivity index (χ2v) is 4.15. The maximum Gasteiger partial charge on any atom is 0.422 e. The molecule has 0 bridgehead atoms. The van der Waals surface area contributed by atoms with Crippen molar-refractivity contribution in [2.45, 2.75) is 18.8 Å². The molecule has 1 unspecified atom stereocenters. The highest BCUT2D eigenvalue weighted by molar-refractivity contribution is 5.81. The van der Waals surface area contributed by atoms with E-state index in [9.17, 15) is 18.0 Å². The lowest BCUT2D eigenvalue weighted by atomic mass is 10.2. The van der Waals surface area contributed by atoms with E-state index in [1.165, 1.54) is 25.4 Å². The molecule has 0 radical (unpaired) electrons. The van der Waals surface area contributed by atoms with E-state index in [2.05, 4.69) is 15.0 Å². The quantitative estimate of drug-likeness (QED) is 0.771. The third-order valence-corrected chi connectivity index (χ3v) is 2.36. The molecule has 0 aromatic carbocycles. The van der Waals surface area contributed by atoms with Gasteiger partial charge in [0.05, 0.1) is 6.61 Å². The molecule has 21 heavy (non-hydrogen) atoms. The first-order valence-electron chi connectivity index (χ1n) is 5.99. The zero-order chi connectivity index (χ0) is 15.9. The van der Waals surface area contributed by atoms with Gasteiger partial charge in [0, 0.05) is 25.4 Å². The molecule has 118 valence electrons. The molecule has 0 fully saturated rings. The van der Waals surface area contributed by atoms with Crippen molar-refractivity contribution in [2.24, 2.45) is 5.73 Å². The number of carbonyl (C=O) groups excluding carboxylic acids is 1. The minimum Gasteiger partial charge on any atom is -0.468 e. The molecule has 0 saturated carbocycles. The molecule has 1 amide bonds. The Kier molecular flexibility index (Phi) is 6.38. The molecule has 1 aromatic heterocycles. The maximum atomic E-state index is 12.1. The summed E-state index contributed by atoms with van der Waals surface area (Å²) in [6.45, 7) is -1.46. The van der Waals surface area contributed by atoms with Crippen molar-refractivity contribution in [3.8, 4) is 5.88 Å². The van der Waals surface area contributed by atoms with Crippen LogP contribution in [-0.4, -0.2) is 43.4 Å². The summed E-state index contributed by atoms with van der Waals surface area (Å²) in [5, 5.41) is 2.48. The molecule has 6 nitrogen and oxygen atoms in total. The number of rotatable bonds is 7. The van der Waals surface area contributed by atoms with Gasteiger partial charge < -0.3 is 20.5 Å². The second-order valence-electron chi connectivity index (χ2n) is 4.15. The van der Waals surface area contributed by atoms with Gasteiger partial charge in [-0.2, -0.15) is 13.2 Å². The van der Waals surface area contributed by atoms with Crippen LogP contribution in [0, 0.1) is 0 Å². The number of ether oxygens (including phenoxy) is 2. The Morgan fingerprint density at radius 2 is 2.24 bits per heavy atom. The predicted octanol–water partition coefficient (Wildman–Crippen LogP) is 0.613. The normalized spacial score (nSPS) is 12.8. The van der Waals surface area contributed by atoms with Gasteiger partial charge in [0.2, 0.25) is 11.8 Å². The van der Waals surface area contributed by atoms with E-state index in [1.807, 2.05) is 0 Å². The van der Waals surface area contributed by atoms with Crippen molar-refractivity contribution in [3.63, 3.8) is 0 Å². The number of amides is 1. The van der Waals surface area contributed by atoms with Crippen LogP contribution in [0.3, 0.4) is 0 Å². The van der Waals surface area contributed by atoms with Crippen LogP contribution in [0.25, 0.3) is 0 Å². The fraction of sp³-hybridized carbons (Fsp3) is 0.500. The van der Waals surface area contributed by atoms with Gasteiger partial charge in [0.1, 0.15) is 6.04 Å². The fourth-order valence-electron chi connectivity index (χ4n) is 1.41. The highest BCUT2D eigenvalue weighted by Crippen LogP contribution is 2.19. The number of nitrogens with one attached hydrogen (secondary N) is 1. The van der Waals surface area contributed by atoms with Gasteiger partial charge in [-0.3, -0.25) is 4.79 Å². The zero-order valence-corrected chi connectivity index (χ0v) is 11.3. The number of hydrogen-bond donors (Lipinski definition) is 2. The van der Waals surface area contributed by atoms with Crippen molar-refractivity contribution in [1.29, 1.82) is 0 Å². The van der Waals surface area contributed by atoms with E-state index in [0.717, 1.165) is 0 Å². The van der Waals surface area contributed by atoms with Crippen LogP contribution in [-0.2, 0) is 16.1 Å². The first-order valence-corrected chi connectivity index (χ1v) is 5.99. The Morgan fingerprint density at radius 3 is 2.86 bits per heavy atom. The van der Waals surface area contributed by atoms with E-state index >= 15 is 0 Å². The molecule has 0 aliphatic rings. The number of hydrogen-bond acceptors (Lipinski definition) is 5. The van der Waals surface area contributed by atoms with Crippen LogP contribution < -0.4 is 15.8 Å². The number of nitrogens with two attached hydrogens (primary N) is 1. The van der Waals surface area contributed by atoms with Crippen LogP contribution in [0.2, 0.25) is 0 Å². The fourth-order valence-corrected chi connectivity index (χ4v) is 1.41. The average Bonchev–Trinajstić information content (AvgIpc) is 2.42. The molecule has 0 spiro atoms. The molecule has 1 heterocycles. The van der Waals surface area contributed by atoms with Crippen LogP contribution in [0.15, 0.2) is 18.3 Å². The molecule has 1 aromatic rings. The Hall–Kier alpha value is -1.87. The number of carbonyl (C=O) groups is 1. The molecule has 0 aliphatic carbocycles. The largest absolute Gasteiger partial charge is 0.468 e. The molecule has 0 saturated heterocycles. The molecule has 0 aliphatic heterocycles. The Labute approximate surface area is 119 Å². The lowest BCUT2D eigenvalue weighted by molar-refractivity contribution is -0.154. The summed E-state index contributed by atoms with van der Waals surface area (Å²) in [7, 11) is 1.40. The van der Waals surface area contributed by atoms with Gasteiger partial charge in [-0.05, 0) is 6.07 Å². The lowest BCUT2D eigenvalue weighted by Gasteiger charge is -2.14. The van der Waals surface area contributed by atoms with Gasteiger partial charge in [-0.25, -0.2) is 4.98 Å². The van der Waals surface area contributed by atoms with Gasteiger partial charge >= 0.3 is 6.18 Å². The van der Waals surface area contributed by atoms with E-state index in [0.29, 0.717) is 5.56 Å². The Balaban J connectivity index is 2.61. The summed E-state index contributed by atoms with van der Waals surface area (Å²) in [4.78, 5) is 15.3. The third kappa shape index (κ3) is 6.41. The monoisotopic (exact) mass is 307 g/mol. The smallest absolute Gasteiger partial charge is 0.422 e. The van der Waals surface area contributed by atoms with Crippen LogP contribution in [0.5, 0.6) is 5.88 Å². The topological polar surface area (TPSA) is 86.5 Å². The first kappa shape index (κ1) is 17.2. The zero-order valence-electron chi connectivity index (χ0n) is 11.3. The molecular formula is C12H16F3N3O3. The maximum absolute atomic E-state index is 12.1. The van der Waals surface area contributed by atoms with E-state index in [1.54, 1.807) is 0 Å². The van der Waals surface area contributed by atoms with Gasteiger partial charge in [-0.15, -0.1) is 0 Å². The third-order valence-electron chi connectivity index (χ3n) is 2.36. The average molecular weight is 307 g/mol. The number of alkyl halides is 3.